The number of benzene rings is 2. The van der Waals surface area contributed by atoms with E-state index in [9.17, 15) is 14.7 Å². The zero-order valence-corrected chi connectivity index (χ0v) is 15.7. The number of aromatic nitrogens is 1. The normalized spacial score (nSPS) is 13.4. The van der Waals surface area contributed by atoms with Crippen LogP contribution in [0.2, 0.25) is 0 Å². The van der Waals surface area contributed by atoms with Gasteiger partial charge in [0, 0.05) is 23.4 Å². The Kier molecular flexibility index (Phi) is 5.08. The molecule has 0 bridgehead atoms. The fourth-order valence-corrected chi connectivity index (χ4v) is 4.17. The SMILES string of the molecule is O=C(NC(Cc1cncs1)C(=O)O)OCC1c2ccccc2-c2ccccc21. The lowest BCUT2D eigenvalue weighted by atomic mass is 9.98. The molecule has 0 fully saturated rings. The van der Waals surface area contributed by atoms with Crippen LogP contribution in [0, 0.1) is 0 Å². The fraction of sp³-hybridized carbons (Fsp3) is 0.190. The maximum Gasteiger partial charge on any atom is 0.407 e. The number of hydrogen-bond donors (Lipinski definition) is 2. The van der Waals surface area contributed by atoms with Crippen LogP contribution in [0.25, 0.3) is 11.1 Å². The monoisotopic (exact) mass is 394 g/mol. The third kappa shape index (κ3) is 3.61. The molecule has 3 aromatic rings. The molecule has 0 aliphatic heterocycles. The van der Waals surface area contributed by atoms with Gasteiger partial charge in [-0.2, -0.15) is 0 Å². The molecule has 4 rings (SSSR count). The van der Waals surface area contributed by atoms with Crippen molar-refractivity contribution in [3.63, 3.8) is 0 Å². The highest BCUT2D eigenvalue weighted by molar-refractivity contribution is 7.09. The fourth-order valence-electron chi connectivity index (χ4n) is 3.53. The van der Waals surface area contributed by atoms with Gasteiger partial charge in [-0.05, 0) is 22.3 Å². The summed E-state index contributed by atoms with van der Waals surface area (Å²) in [4.78, 5) is 28.4. The zero-order chi connectivity index (χ0) is 19.5. The van der Waals surface area contributed by atoms with Crippen LogP contribution in [-0.2, 0) is 16.0 Å². The molecule has 7 heteroatoms. The minimum atomic E-state index is -1.11. The van der Waals surface area contributed by atoms with Gasteiger partial charge >= 0.3 is 12.1 Å². The molecule has 2 N–H and O–H groups in total. The largest absolute Gasteiger partial charge is 0.480 e. The number of nitrogens with one attached hydrogen (secondary N) is 1. The predicted octanol–water partition coefficient (Wildman–Crippen LogP) is 3.68. The van der Waals surface area contributed by atoms with Crippen molar-refractivity contribution in [2.75, 3.05) is 6.61 Å². The number of carboxylic acid groups (broad SMARTS) is 1. The first-order valence-corrected chi connectivity index (χ1v) is 9.73. The minimum Gasteiger partial charge on any atom is -0.480 e. The molecule has 0 radical (unpaired) electrons. The lowest BCUT2D eigenvalue weighted by molar-refractivity contribution is -0.139. The first kappa shape index (κ1) is 18.2. The van der Waals surface area contributed by atoms with Crippen LogP contribution in [0.15, 0.2) is 60.2 Å². The van der Waals surface area contributed by atoms with Gasteiger partial charge < -0.3 is 15.2 Å². The van der Waals surface area contributed by atoms with Gasteiger partial charge in [-0.1, -0.05) is 48.5 Å². The maximum atomic E-state index is 12.3. The number of carboxylic acids is 1. The quantitative estimate of drug-likeness (QED) is 0.666. The number of ether oxygens (including phenoxy) is 1. The second-order valence-electron chi connectivity index (χ2n) is 6.53. The van der Waals surface area contributed by atoms with Gasteiger partial charge in [0.1, 0.15) is 12.6 Å². The molecule has 1 atom stereocenters. The number of thiazole rings is 1. The molecule has 6 nitrogen and oxygen atoms in total. The van der Waals surface area contributed by atoms with Gasteiger partial charge in [-0.3, -0.25) is 4.98 Å². The molecule has 1 aromatic heterocycles. The van der Waals surface area contributed by atoms with Crippen molar-refractivity contribution in [2.24, 2.45) is 0 Å². The molecule has 0 saturated heterocycles. The van der Waals surface area contributed by atoms with E-state index in [1.807, 2.05) is 36.4 Å². The highest BCUT2D eigenvalue weighted by Gasteiger charge is 2.29. The highest BCUT2D eigenvalue weighted by atomic mass is 32.1. The Morgan fingerprint density at radius 3 is 2.32 bits per heavy atom. The van der Waals surface area contributed by atoms with Crippen LogP contribution < -0.4 is 5.32 Å². The smallest absolute Gasteiger partial charge is 0.407 e. The van der Waals surface area contributed by atoms with Crippen LogP contribution in [0.3, 0.4) is 0 Å². The Morgan fingerprint density at radius 2 is 1.75 bits per heavy atom. The average molecular weight is 394 g/mol. The molecule has 2 aromatic carbocycles. The van der Waals surface area contributed by atoms with Crippen molar-refractivity contribution in [3.8, 4) is 11.1 Å². The van der Waals surface area contributed by atoms with Crippen molar-refractivity contribution < 1.29 is 19.4 Å². The summed E-state index contributed by atoms with van der Waals surface area (Å²) in [7, 11) is 0. The van der Waals surface area contributed by atoms with E-state index in [1.54, 1.807) is 11.7 Å². The van der Waals surface area contributed by atoms with E-state index < -0.39 is 18.1 Å². The summed E-state index contributed by atoms with van der Waals surface area (Å²) in [5.74, 6) is -1.18. The van der Waals surface area contributed by atoms with Gasteiger partial charge in [0.15, 0.2) is 0 Å². The number of aliphatic carboxylic acids is 1. The lowest BCUT2D eigenvalue weighted by Crippen LogP contribution is -2.42. The first-order valence-electron chi connectivity index (χ1n) is 8.85. The average Bonchev–Trinajstić information content (AvgIpc) is 3.32. The van der Waals surface area contributed by atoms with Gasteiger partial charge in [0.05, 0.1) is 5.51 Å². The molecule has 1 unspecified atom stereocenters. The summed E-state index contributed by atoms with van der Waals surface area (Å²) < 4.78 is 5.41. The van der Waals surface area contributed by atoms with Gasteiger partial charge in [0.2, 0.25) is 0 Å². The molecule has 1 amide bonds. The zero-order valence-electron chi connectivity index (χ0n) is 14.9. The van der Waals surface area contributed by atoms with E-state index in [0.29, 0.717) is 0 Å². The number of fused-ring (bicyclic) bond motifs is 3. The van der Waals surface area contributed by atoms with Crippen LogP contribution in [-0.4, -0.2) is 34.8 Å². The molecule has 1 aliphatic carbocycles. The number of amides is 1. The van der Waals surface area contributed by atoms with E-state index >= 15 is 0 Å². The van der Waals surface area contributed by atoms with Crippen molar-refractivity contribution >= 4 is 23.4 Å². The second kappa shape index (κ2) is 7.82. The number of alkyl carbamates (subject to hydrolysis) is 1. The van der Waals surface area contributed by atoms with Crippen LogP contribution in [0.5, 0.6) is 0 Å². The molecular formula is C21H18N2O4S. The van der Waals surface area contributed by atoms with Gasteiger partial charge in [-0.15, -0.1) is 11.3 Å². The van der Waals surface area contributed by atoms with Crippen LogP contribution >= 0.6 is 11.3 Å². The third-order valence-corrected chi connectivity index (χ3v) is 5.62. The summed E-state index contributed by atoms with van der Waals surface area (Å²) in [6.45, 7) is 0.146. The topological polar surface area (TPSA) is 88.5 Å². The predicted molar refractivity (Wildman–Crippen MR) is 105 cm³/mol. The van der Waals surface area contributed by atoms with E-state index in [2.05, 4.69) is 22.4 Å². The van der Waals surface area contributed by atoms with E-state index in [0.717, 1.165) is 27.1 Å². The van der Waals surface area contributed by atoms with Gasteiger partial charge in [0.25, 0.3) is 0 Å². The standard InChI is InChI=1S/C21H18N2O4S/c24-20(25)19(9-13-10-22-12-28-13)23-21(26)27-11-18-16-7-3-1-5-14(16)15-6-2-4-8-17(15)18/h1-8,10,12,18-19H,9,11H2,(H,23,26)(H,24,25). The number of hydrogen-bond acceptors (Lipinski definition) is 5. The Balaban J connectivity index is 1.44. The summed E-state index contributed by atoms with van der Waals surface area (Å²) >= 11 is 1.35. The summed E-state index contributed by atoms with van der Waals surface area (Å²) in [5.41, 5.74) is 6.12. The molecule has 1 heterocycles. The van der Waals surface area contributed by atoms with E-state index in [4.69, 9.17) is 4.74 Å². The third-order valence-electron chi connectivity index (χ3n) is 4.82. The van der Waals surface area contributed by atoms with Crippen molar-refractivity contribution in [1.82, 2.24) is 10.3 Å². The van der Waals surface area contributed by atoms with Gasteiger partial charge in [-0.25, -0.2) is 9.59 Å². The van der Waals surface area contributed by atoms with Crippen molar-refractivity contribution in [1.29, 1.82) is 0 Å². The molecule has 142 valence electrons. The maximum absolute atomic E-state index is 12.3. The number of carbonyl (C=O) groups is 2. The summed E-state index contributed by atoms with van der Waals surface area (Å²) in [6.07, 6.45) is 1.03. The minimum absolute atomic E-state index is 0.0667. The Morgan fingerprint density at radius 1 is 1.11 bits per heavy atom. The Bertz CT molecular complexity index is 958. The number of carbonyl (C=O) groups excluding carboxylic acids is 1. The Labute approximate surface area is 165 Å². The van der Waals surface area contributed by atoms with E-state index in [-0.39, 0.29) is 18.9 Å². The van der Waals surface area contributed by atoms with Crippen LogP contribution in [0.4, 0.5) is 4.79 Å². The molecule has 1 aliphatic rings. The number of rotatable bonds is 6. The van der Waals surface area contributed by atoms with Crippen molar-refractivity contribution in [3.05, 3.63) is 76.2 Å². The van der Waals surface area contributed by atoms with Crippen molar-refractivity contribution in [2.45, 2.75) is 18.4 Å². The molecule has 0 saturated carbocycles. The lowest BCUT2D eigenvalue weighted by Gasteiger charge is -2.17. The highest BCUT2D eigenvalue weighted by Crippen LogP contribution is 2.44. The second-order valence-corrected chi connectivity index (χ2v) is 7.50. The summed E-state index contributed by atoms with van der Waals surface area (Å²) in [5, 5.41) is 11.8. The summed E-state index contributed by atoms with van der Waals surface area (Å²) in [6, 6.07) is 15.0. The Hall–Kier alpha value is -3.19. The first-order chi connectivity index (χ1) is 13.6. The molecule has 0 spiro atoms. The molecule has 28 heavy (non-hydrogen) atoms. The number of nitrogens with zero attached hydrogens (tertiary/aromatic N) is 1. The van der Waals surface area contributed by atoms with Crippen LogP contribution in [0.1, 0.15) is 21.9 Å². The van der Waals surface area contributed by atoms with E-state index in [1.165, 1.54) is 11.3 Å². The molecular weight excluding hydrogens is 376 g/mol.